The highest BCUT2D eigenvalue weighted by atomic mass is 79.9. The van der Waals surface area contributed by atoms with Gasteiger partial charge in [0.2, 0.25) is 0 Å². The van der Waals surface area contributed by atoms with Crippen LogP contribution in [0.15, 0.2) is 9.85 Å². The second-order valence-electron chi connectivity index (χ2n) is 4.18. The summed E-state index contributed by atoms with van der Waals surface area (Å²) in [6.45, 7) is 3.17. The number of carboxylic acids is 1. The predicted molar refractivity (Wildman–Crippen MR) is 68.0 cm³/mol. The van der Waals surface area contributed by atoms with Crippen LogP contribution in [0.1, 0.15) is 31.2 Å². The molecule has 0 amide bonds. The topological polar surface area (TPSA) is 57.5 Å². The highest BCUT2D eigenvalue weighted by Crippen LogP contribution is 2.39. The first kappa shape index (κ1) is 14.0. The molecule has 0 saturated carbocycles. The fourth-order valence-corrected chi connectivity index (χ4v) is 2.93. The Labute approximate surface area is 111 Å². The molecular weight excluding hydrogens is 316 g/mol. The number of aliphatic carboxylic acids is 1. The Morgan fingerprint density at radius 2 is 2.25 bits per heavy atom. The Kier molecular flexibility index (Phi) is 4.40. The first-order valence-corrected chi connectivity index (χ1v) is 6.59. The lowest BCUT2D eigenvalue weighted by Gasteiger charge is -2.21. The van der Waals surface area contributed by atoms with E-state index in [1.165, 1.54) is 11.3 Å². The summed E-state index contributed by atoms with van der Waals surface area (Å²) in [6.07, 6.45) is -0.647. The zero-order valence-electron chi connectivity index (χ0n) is 8.83. The number of hydrogen-bond acceptors (Lipinski definition) is 3. The molecular formula is C10H12BrClO3S. The average molecular weight is 328 g/mol. The molecule has 0 fully saturated rings. The van der Waals surface area contributed by atoms with Crippen LogP contribution in [0, 0.1) is 5.41 Å². The average Bonchev–Trinajstić information content (AvgIpc) is 2.46. The van der Waals surface area contributed by atoms with Crippen molar-refractivity contribution in [3.63, 3.8) is 0 Å². The molecule has 16 heavy (non-hydrogen) atoms. The number of carboxylic acid groups (broad SMARTS) is 1. The molecule has 1 aromatic heterocycles. The molecule has 0 saturated heterocycles. The lowest BCUT2D eigenvalue weighted by atomic mass is 9.86. The molecule has 1 aromatic rings. The van der Waals surface area contributed by atoms with Gasteiger partial charge in [-0.15, -0.1) is 11.3 Å². The third-order valence-electron chi connectivity index (χ3n) is 2.28. The normalized spacial score (nSPS) is 13.8. The van der Waals surface area contributed by atoms with E-state index in [0.29, 0.717) is 9.90 Å². The highest BCUT2D eigenvalue weighted by Gasteiger charge is 2.31. The van der Waals surface area contributed by atoms with Crippen molar-refractivity contribution in [3.05, 3.63) is 19.8 Å². The van der Waals surface area contributed by atoms with Gasteiger partial charge in [-0.2, -0.15) is 0 Å². The maximum absolute atomic E-state index is 10.9. The van der Waals surface area contributed by atoms with Crippen LogP contribution in [0.4, 0.5) is 0 Å². The second kappa shape index (κ2) is 5.04. The summed E-state index contributed by atoms with van der Waals surface area (Å²) in [5.41, 5.74) is -0.956. The van der Waals surface area contributed by atoms with E-state index in [0.717, 1.165) is 3.79 Å². The van der Waals surface area contributed by atoms with Gasteiger partial charge in [0.05, 0.1) is 20.3 Å². The van der Waals surface area contributed by atoms with Gasteiger partial charge < -0.3 is 10.2 Å². The molecule has 0 aliphatic rings. The van der Waals surface area contributed by atoms with E-state index in [9.17, 15) is 9.90 Å². The van der Waals surface area contributed by atoms with Crippen LogP contribution in [-0.2, 0) is 4.79 Å². The van der Waals surface area contributed by atoms with Crippen LogP contribution in [0.5, 0.6) is 0 Å². The minimum atomic E-state index is -0.956. The smallest absolute Gasteiger partial charge is 0.309 e. The van der Waals surface area contributed by atoms with Gasteiger partial charge in [0.1, 0.15) is 0 Å². The van der Waals surface area contributed by atoms with Crippen molar-refractivity contribution < 1.29 is 15.0 Å². The van der Waals surface area contributed by atoms with E-state index in [-0.39, 0.29) is 6.42 Å². The number of aliphatic hydroxyl groups excluding tert-OH is 1. The lowest BCUT2D eigenvalue weighted by Crippen LogP contribution is -2.25. The Morgan fingerprint density at radius 3 is 2.62 bits per heavy atom. The number of hydrogen-bond donors (Lipinski definition) is 2. The van der Waals surface area contributed by atoms with Gasteiger partial charge in [-0.3, -0.25) is 4.79 Å². The van der Waals surface area contributed by atoms with E-state index < -0.39 is 17.5 Å². The summed E-state index contributed by atoms with van der Waals surface area (Å²) >= 11 is 10.4. The summed E-state index contributed by atoms with van der Waals surface area (Å²) in [5.74, 6) is -0.923. The van der Waals surface area contributed by atoms with E-state index in [4.69, 9.17) is 16.7 Å². The van der Waals surface area contributed by atoms with Gasteiger partial charge >= 0.3 is 5.97 Å². The molecule has 1 unspecified atom stereocenters. The van der Waals surface area contributed by atoms with Gasteiger partial charge in [0.25, 0.3) is 0 Å². The van der Waals surface area contributed by atoms with E-state index >= 15 is 0 Å². The number of carbonyl (C=O) groups is 1. The lowest BCUT2D eigenvalue weighted by molar-refractivity contribution is -0.148. The van der Waals surface area contributed by atoms with Crippen LogP contribution in [0.3, 0.4) is 0 Å². The standard InChI is InChI=1S/C10H12BrClO3S/c1-10(2,9(14)15)4-6(13)7-3-5(12)8(11)16-7/h3,6,13H,4H2,1-2H3,(H,14,15). The molecule has 0 bridgehead atoms. The van der Waals surface area contributed by atoms with Crippen molar-refractivity contribution in [1.82, 2.24) is 0 Å². The van der Waals surface area contributed by atoms with E-state index in [2.05, 4.69) is 15.9 Å². The molecule has 0 spiro atoms. The predicted octanol–water partition coefficient (Wildman–Crippen LogP) is 3.70. The third-order valence-corrected chi connectivity index (χ3v) is 4.85. The summed E-state index contributed by atoms with van der Waals surface area (Å²) < 4.78 is 0.747. The Hall–Kier alpha value is -0.100. The van der Waals surface area contributed by atoms with Gasteiger partial charge in [0.15, 0.2) is 0 Å². The number of thiophene rings is 1. The van der Waals surface area contributed by atoms with Gasteiger partial charge in [-0.25, -0.2) is 0 Å². The van der Waals surface area contributed by atoms with Crippen LogP contribution in [0.25, 0.3) is 0 Å². The summed E-state index contributed by atoms with van der Waals surface area (Å²) in [6, 6.07) is 1.65. The Morgan fingerprint density at radius 1 is 1.69 bits per heavy atom. The van der Waals surface area contributed by atoms with Crippen molar-refractivity contribution >= 4 is 44.8 Å². The fourth-order valence-electron chi connectivity index (χ4n) is 1.20. The highest BCUT2D eigenvalue weighted by molar-refractivity contribution is 9.11. The molecule has 0 aliphatic carbocycles. The monoisotopic (exact) mass is 326 g/mol. The third kappa shape index (κ3) is 3.20. The maximum atomic E-state index is 10.9. The van der Waals surface area contributed by atoms with Crippen LogP contribution >= 0.6 is 38.9 Å². The van der Waals surface area contributed by atoms with Crippen molar-refractivity contribution in [3.8, 4) is 0 Å². The van der Waals surface area contributed by atoms with Crippen LogP contribution in [0.2, 0.25) is 5.02 Å². The van der Waals surface area contributed by atoms with Gasteiger partial charge in [-0.05, 0) is 42.3 Å². The number of rotatable bonds is 4. The molecule has 2 N–H and O–H groups in total. The molecule has 0 radical (unpaired) electrons. The van der Waals surface area contributed by atoms with Crippen molar-refractivity contribution in [2.24, 2.45) is 5.41 Å². The van der Waals surface area contributed by atoms with Crippen LogP contribution in [-0.4, -0.2) is 16.2 Å². The Bertz CT molecular complexity index is 383. The molecule has 3 nitrogen and oxygen atoms in total. The van der Waals surface area contributed by atoms with Gasteiger partial charge in [0, 0.05) is 4.88 Å². The van der Waals surface area contributed by atoms with Crippen molar-refractivity contribution in [2.45, 2.75) is 26.4 Å². The zero-order chi connectivity index (χ0) is 12.5. The molecule has 0 aromatic carbocycles. The quantitative estimate of drug-likeness (QED) is 0.886. The molecule has 1 atom stereocenters. The number of aliphatic hydroxyl groups is 1. The summed E-state index contributed by atoms with van der Waals surface area (Å²) in [5, 5.41) is 19.4. The van der Waals surface area contributed by atoms with Crippen molar-refractivity contribution in [1.29, 1.82) is 0 Å². The molecule has 0 aliphatic heterocycles. The van der Waals surface area contributed by atoms with Gasteiger partial charge in [-0.1, -0.05) is 11.6 Å². The molecule has 90 valence electrons. The Balaban J connectivity index is 2.80. The zero-order valence-corrected chi connectivity index (χ0v) is 12.0. The first-order chi connectivity index (χ1) is 7.24. The van der Waals surface area contributed by atoms with Crippen LogP contribution < -0.4 is 0 Å². The second-order valence-corrected chi connectivity index (χ2v) is 6.99. The molecule has 6 heteroatoms. The number of halogens is 2. The molecule has 1 heterocycles. The van der Waals surface area contributed by atoms with Crippen molar-refractivity contribution in [2.75, 3.05) is 0 Å². The fraction of sp³-hybridized carbons (Fsp3) is 0.500. The first-order valence-electron chi connectivity index (χ1n) is 4.60. The molecule has 1 rings (SSSR count). The van der Waals surface area contributed by atoms with E-state index in [1.54, 1.807) is 19.9 Å². The summed E-state index contributed by atoms with van der Waals surface area (Å²) in [7, 11) is 0. The largest absolute Gasteiger partial charge is 0.481 e. The van der Waals surface area contributed by atoms with E-state index in [1.807, 2.05) is 0 Å². The minimum Gasteiger partial charge on any atom is -0.481 e. The summed E-state index contributed by atoms with van der Waals surface area (Å²) in [4.78, 5) is 11.6. The maximum Gasteiger partial charge on any atom is 0.309 e. The SMILES string of the molecule is CC(C)(CC(O)c1cc(Cl)c(Br)s1)C(=O)O. The minimum absolute atomic E-state index is 0.158.